The number of rotatable bonds is 8. The minimum absolute atomic E-state index is 0.0521. The van der Waals surface area contributed by atoms with E-state index in [1.807, 2.05) is 26.0 Å². The van der Waals surface area contributed by atoms with Gasteiger partial charge >= 0.3 is 0 Å². The van der Waals surface area contributed by atoms with Gasteiger partial charge in [-0.25, -0.2) is 0 Å². The van der Waals surface area contributed by atoms with Gasteiger partial charge in [-0.2, -0.15) is 0 Å². The maximum absolute atomic E-state index is 12.8. The average molecular weight is 344 g/mol. The lowest BCUT2D eigenvalue weighted by Gasteiger charge is -2.23. The first-order chi connectivity index (χ1) is 12.2. The van der Waals surface area contributed by atoms with E-state index in [2.05, 4.69) is 17.4 Å². The van der Waals surface area contributed by atoms with Crippen LogP contribution in [0.15, 0.2) is 24.3 Å². The van der Waals surface area contributed by atoms with Gasteiger partial charge in [0.25, 0.3) is 5.91 Å². The lowest BCUT2D eigenvalue weighted by atomic mass is 9.84. The van der Waals surface area contributed by atoms with Crippen molar-refractivity contribution in [3.05, 3.63) is 35.4 Å². The zero-order chi connectivity index (χ0) is 18.1. The second-order valence-corrected chi connectivity index (χ2v) is 7.03. The number of hydrogen-bond acceptors (Lipinski definition) is 2. The first-order valence-corrected chi connectivity index (χ1v) is 9.81. The van der Waals surface area contributed by atoms with Gasteiger partial charge in [0.1, 0.15) is 0 Å². The predicted octanol–water partition coefficient (Wildman–Crippen LogP) is 4.11. The summed E-state index contributed by atoms with van der Waals surface area (Å²) in [6, 6.07) is 8.06. The highest BCUT2D eigenvalue weighted by molar-refractivity contribution is 5.96. The van der Waals surface area contributed by atoms with Gasteiger partial charge in [-0.1, -0.05) is 45.2 Å². The Kier molecular flexibility index (Phi) is 7.96. The molecule has 0 heterocycles. The summed E-state index contributed by atoms with van der Waals surface area (Å²) in [5.74, 6) is 0.510. The summed E-state index contributed by atoms with van der Waals surface area (Å²) in [6.45, 7) is 5.43. The number of carbonyl (C=O) groups is 2. The normalized spacial score (nSPS) is 15.0. The molecule has 1 N–H and O–H groups in total. The molecule has 0 atom stereocenters. The molecule has 0 unspecified atom stereocenters. The molecular weight excluding hydrogens is 312 g/mol. The van der Waals surface area contributed by atoms with E-state index in [1.54, 1.807) is 4.90 Å². The van der Waals surface area contributed by atoms with Gasteiger partial charge in [0.2, 0.25) is 5.91 Å². The van der Waals surface area contributed by atoms with Crippen LogP contribution in [-0.2, 0) is 4.79 Å². The Hall–Kier alpha value is -1.84. The molecule has 2 amide bonds. The molecule has 0 bridgehead atoms. The molecule has 138 valence electrons. The molecule has 0 spiro atoms. The molecule has 0 saturated heterocycles. The first-order valence-electron chi connectivity index (χ1n) is 9.81. The molecule has 1 aromatic carbocycles. The summed E-state index contributed by atoms with van der Waals surface area (Å²) in [5, 5.41) is 2.85. The Bertz CT molecular complexity index is 548. The molecular formula is C21H32N2O2. The van der Waals surface area contributed by atoms with Crippen molar-refractivity contribution >= 4 is 11.8 Å². The van der Waals surface area contributed by atoms with Crippen molar-refractivity contribution in [3.8, 4) is 0 Å². The third-order valence-corrected chi connectivity index (χ3v) is 4.92. The predicted molar refractivity (Wildman–Crippen MR) is 102 cm³/mol. The van der Waals surface area contributed by atoms with Gasteiger partial charge in [-0.15, -0.1) is 0 Å². The van der Waals surface area contributed by atoms with Crippen molar-refractivity contribution in [2.45, 2.75) is 64.7 Å². The molecule has 2 rings (SSSR count). The number of benzene rings is 1. The molecule has 0 aromatic heterocycles. The third-order valence-electron chi connectivity index (χ3n) is 4.92. The smallest absolute Gasteiger partial charge is 0.254 e. The van der Waals surface area contributed by atoms with Crippen molar-refractivity contribution in [2.75, 3.05) is 19.6 Å². The summed E-state index contributed by atoms with van der Waals surface area (Å²) < 4.78 is 0. The SMILES string of the molecule is CCCNC(=O)CN(CCC)C(=O)c1ccc(C2CCCCC2)cc1. The van der Waals surface area contributed by atoms with Gasteiger partial charge in [0.05, 0.1) is 6.54 Å². The van der Waals surface area contributed by atoms with E-state index in [0.29, 0.717) is 24.6 Å². The van der Waals surface area contributed by atoms with Crippen molar-refractivity contribution in [1.29, 1.82) is 0 Å². The monoisotopic (exact) mass is 344 g/mol. The van der Waals surface area contributed by atoms with Crippen LogP contribution in [0.2, 0.25) is 0 Å². The molecule has 25 heavy (non-hydrogen) atoms. The Morgan fingerprint density at radius 1 is 1.04 bits per heavy atom. The van der Waals surface area contributed by atoms with Crippen LogP contribution in [0.3, 0.4) is 0 Å². The standard InChI is InChI=1S/C21H32N2O2/c1-3-14-22-20(24)16-23(15-4-2)21(25)19-12-10-18(11-13-19)17-8-6-5-7-9-17/h10-13,17H,3-9,14-16H2,1-2H3,(H,22,24). The van der Waals surface area contributed by atoms with Crippen LogP contribution in [0.1, 0.15) is 80.6 Å². The second kappa shape index (κ2) is 10.2. The summed E-state index contributed by atoms with van der Waals surface area (Å²) in [6.07, 6.45) is 8.22. The summed E-state index contributed by atoms with van der Waals surface area (Å²) in [4.78, 5) is 26.4. The van der Waals surface area contributed by atoms with Gasteiger partial charge in [0.15, 0.2) is 0 Å². The number of nitrogens with zero attached hydrogens (tertiary/aromatic N) is 1. The maximum atomic E-state index is 12.8. The Morgan fingerprint density at radius 2 is 1.72 bits per heavy atom. The van der Waals surface area contributed by atoms with Crippen molar-refractivity contribution in [3.63, 3.8) is 0 Å². The maximum Gasteiger partial charge on any atom is 0.254 e. The molecule has 0 aliphatic heterocycles. The minimum atomic E-state index is -0.0810. The van der Waals surface area contributed by atoms with E-state index in [4.69, 9.17) is 0 Å². The molecule has 1 aliphatic carbocycles. The van der Waals surface area contributed by atoms with E-state index < -0.39 is 0 Å². The Balaban J connectivity index is 2.01. The molecule has 1 aromatic rings. The Morgan fingerprint density at radius 3 is 2.32 bits per heavy atom. The van der Waals surface area contributed by atoms with Crippen molar-refractivity contribution in [2.24, 2.45) is 0 Å². The summed E-state index contributed by atoms with van der Waals surface area (Å²) in [5.41, 5.74) is 2.02. The van der Waals surface area contributed by atoms with Crippen LogP contribution in [0.25, 0.3) is 0 Å². The fourth-order valence-electron chi connectivity index (χ4n) is 3.53. The number of carbonyl (C=O) groups excluding carboxylic acids is 2. The largest absolute Gasteiger partial charge is 0.355 e. The molecule has 4 heteroatoms. The molecule has 1 fully saturated rings. The zero-order valence-electron chi connectivity index (χ0n) is 15.7. The van der Waals surface area contributed by atoms with E-state index in [9.17, 15) is 9.59 Å². The highest BCUT2D eigenvalue weighted by atomic mass is 16.2. The number of amides is 2. The lowest BCUT2D eigenvalue weighted by Crippen LogP contribution is -2.41. The van der Waals surface area contributed by atoms with E-state index in [1.165, 1.54) is 37.7 Å². The fourth-order valence-corrected chi connectivity index (χ4v) is 3.53. The minimum Gasteiger partial charge on any atom is -0.355 e. The molecule has 0 radical (unpaired) electrons. The van der Waals surface area contributed by atoms with Gasteiger partial charge < -0.3 is 10.2 Å². The molecule has 1 saturated carbocycles. The first kappa shape index (κ1) is 19.5. The van der Waals surface area contributed by atoms with Crippen molar-refractivity contribution in [1.82, 2.24) is 10.2 Å². The number of hydrogen-bond donors (Lipinski definition) is 1. The summed E-state index contributed by atoms with van der Waals surface area (Å²) in [7, 11) is 0. The highest BCUT2D eigenvalue weighted by Crippen LogP contribution is 2.32. The third kappa shape index (κ3) is 5.87. The van der Waals surface area contributed by atoms with Crippen LogP contribution < -0.4 is 5.32 Å². The van der Waals surface area contributed by atoms with Gasteiger partial charge in [-0.05, 0) is 49.3 Å². The van der Waals surface area contributed by atoms with Crippen LogP contribution in [-0.4, -0.2) is 36.3 Å². The summed E-state index contributed by atoms with van der Waals surface area (Å²) >= 11 is 0. The average Bonchev–Trinajstić information content (AvgIpc) is 2.66. The van der Waals surface area contributed by atoms with Crippen LogP contribution in [0, 0.1) is 0 Å². The molecule has 4 nitrogen and oxygen atoms in total. The fraction of sp³-hybridized carbons (Fsp3) is 0.619. The highest BCUT2D eigenvalue weighted by Gasteiger charge is 2.19. The van der Waals surface area contributed by atoms with E-state index in [-0.39, 0.29) is 18.4 Å². The van der Waals surface area contributed by atoms with E-state index in [0.717, 1.165) is 12.8 Å². The van der Waals surface area contributed by atoms with Gasteiger partial charge in [-0.3, -0.25) is 9.59 Å². The topological polar surface area (TPSA) is 49.4 Å². The second-order valence-electron chi connectivity index (χ2n) is 7.03. The van der Waals surface area contributed by atoms with Gasteiger partial charge in [0, 0.05) is 18.7 Å². The van der Waals surface area contributed by atoms with Crippen LogP contribution in [0.5, 0.6) is 0 Å². The lowest BCUT2D eigenvalue weighted by molar-refractivity contribution is -0.121. The van der Waals surface area contributed by atoms with Crippen molar-refractivity contribution < 1.29 is 9.59 Å². The van der Waals surface area contributed by atoms with E-state index >= 15 is 0 Å². The zero-order valence-corrected chi connectivity index (χ0v) is 15.7. The van der Waals surface area contributed by atoms with Crippen LogP contribution in [0.4, 0.5) is 0 Å². The number of nitrogens with one attached hydrogen (secondary N) is 1. The quantitative estimate of drug-likeness (QED) is 0.771. The Labute approximate surface area is 152 Å². The molecule has 1 aliphatic rings. The van der Waals surface area contributed by atoms with Crippen LogP contribution >= 0.6 is 0 Å².